The van der Waals surface area contributed by atoms with Gasteiger partial charge in [0.05, 0.1) is 85.1 Å². The lowest BCUT2D eigenvalue weighted by Crippen LogP contribution is -2.06. The van der Waals surface area contributed by atoms with Crippen molar-refractivity contribution >= 4 is 98.3 Å². The summed E-state index contributed by atoms with van der Waals surface area (Å²) in [7, 11) is 0. The fraction of sp³-hybridized carbons (Fsp3) is 0. The summed E-state index contributed by atoms with van der Waals surface area (Å²) in [5, 5.41) is 9.77. The average molecular weight is 1540 g/mol. The van der Waals surface area contributed by atoms with E-state index in [1.807, 2.05) is 109 Å². The van der Waals surface area contributed by atoms with Crippen molar-refractivity contribution in [3.05, 3.63) is 413 Å². The maximum atomic E-state index is 5.98. The molecular formula is C107H68N10O3. The molecule has 0 spiro atoms. The van der Waals surface area contributed by atoms with E-state index in [-0.39, 0.29) is 0 Å². The summed E-state index contributed by atoms with van der Waals surface area (Å²) in [6.45, 7) is 0. The summed E-state index contributed by atoms with van der Waals surface area (Å²) in [4.78, 5) is 35.5. The van der Waals surface area contributed by atoms with Gasteiger partial charge in [-0.15, -0.1) is 0 Å². The quantitative estimate of drug-likeness (QED) is 0.116. The van der Waals surface area contributed by atoms with Gasteiger partial charge in [0.15, 0.2) is 17.5 Å². The van der Waals surface area contributed by atoms with Crippen molar-refractivity contribution in [3.8, 4) is 119 Å². The summed E-state index contributed by atoms with van der Waals surface area (Å²) in [5.41, 5.74) is 24.4. The SMILES string of the molecule is c1ccc(-c2ccc(-c3cc(-c4ccccc4)nc(-n4c5ccccc5c5c6occc6ccc54)n3)cc2)cc1.c1ccc(-c2ccc(-c3cc(-n4c5ccccc5c5c6occc6ccc54)nc(-c4ccccc4)n3)cc2)cc1.c1ccc(-c2ccc(-c3nc(-c4ccccc4)nc(-n4c5ccccc5c5c6occc6ccc54)n3)cc2)cc1. The summed E-state index contributed by atoms with van der Waals surface area (Å²) >= 11 is 0. The molecule has 0 aliphatic rings. The molecule has 0 fully saturated rings. The van der Waals surface area contributed by atoms with E-state index in [1.165, 1.54) is 27.8 Å². The van der Waals surface area contributed by atoms with Crippen LogP contribution in [0.5, 0.6) is 0 Å². The summed E-state index contributed by atoms with van der Waals surface area (Å²) < 4.78 is 24.4. The van der Waals surface area contributed by atoms with Crippen molar-refractivity contribution in [2.75, 3.05) is 0 Å². The van der Waals surface area contributed by atoms with E-state index in [1.54, 1.807) is 18.8 Å². The van der Waals surface area contributed by atoms with Crippen LogP contribution < -0.4 is 0 Å². The third-order valence-corrected chi connectivity index (χ3v) is 22.4. The van der Waals surface area contributed by atoms with Gasteiger partial charge in [0.2, 0.25) is 11.9 Å². The van der Waals surface area contributed by atoms with Crippen LogP contribution in [0.1, 0.15) is 0 Å². The lowest BCUT2D eigenvalue weighted by Gasteiger charge is -2.12. The Hall–Kier alpha value is -16.5. The van der Waals surface area contributed by atoms with Crippen LogP contribution in [0.2, 0.25) is 0 Å². The maximum Gasteiger partial charge on any atom is 0.238 e. The first-order valence-corrected chi connectivity index (χ1v) is 39.9. The van der Waals surface area contributed by atoms with Crippen molar-refractivity contribution in [2.45, 2.75) is 0 Å². The Labute approximate surface area is 688 Å². The van der Waals surface area contributed by atoms with E-state index in [4.69, 9.17) is 48.1 Å². The zero-order chi connectivity index (χ0) is 79.4. The Kier molecular flexibility index (Phi) is 17.6. The molecule has 24 aromatic rings. The molecule has 0 radical (unpaired) electrons. The first-order valence-electron chi connectivity index (χ1n) is 39.9. The zero-order valence-electron chi connectivity index (χ0n) is 64.5. The molecule has 0 atom stereocenters. The molecule has 120 heavy (non-hydrogen) atoms. The smallest absolute Gasteiger partial charge is 0.238 e. The van der Waals surface area contributed by atoms with Gasteiger partial charge in [0.25, 0.3) is 0 Å². The molecule has 15 aromatic carbocycles. The summed E-state index contributed by atoms with van der Waals surface area (Å²) in [6.07, 6.45) is 5.25. The summed E-state index contributed by atoms with van der Waals surface area (Å²) in [5.74, 6) is 3.93. The monoisotopic (exact) mass is 1540 g/mol. The van der Waals surface area contributed by atoms with Crippen LogP contribution in [0.25, 0.3) is 217 Å². The predicted octanol–water partition coefficient (Wildman–Crippen LogP) is 27.4. The highest BCUT2D eigenvalue weighted by Gasteiger charge is 2.25. The van der Waals surface area contributed by atoms with E-state index in [2.05, 4.69) is 299 Å². The number of aromatic nitrogens is 10. The van der Waals surface area contributed by atoms with Crippen molar-refractivity contribution in [1.29, 1.82) is 0 Å². The minimum atomic E-state index is 0.563. The van der Waals surface area contributed by atoms with Gasteiger partial charge >= 0.3 is 0 Å². The standard InChI is InChI=1S/2C36H23N3O.C35H22N4O/c1-3-9-24(10-4-1)25-15-17-26(18-16-25)30-23-33(38-36(37-30)28-11-5-2-6-12-28)39-31-14-8-7-13-29(31)34-32(39)20-19-27-21-22-40-35(27)34;1-3-9-24(10-4-1)25-15-17-27(18-16-25)31-23-30(26-11-5-2-6-12-26)37-36(38-31)39-32-14-8-7-13-29(32)34-33(39)20-19-28-21-22-40-35(28)34;1-3-9-23(10-4-1)24-15-17-27(18-16-24)34-36-33(26-11-5-2-6-12-26)37-35(38-34)39-29-14-8-7-13-28(29)31-30(39)20-19-25-21-22-40-32(25)31/h2*1-23H;1-22H. The van der Waals surface area contributed by atoms with Gasteiger partial charge in [0, 0.05) is 71.8 Å². The molecular weight excluding hydrogens is 1470 g/mol. The highest BCUT2D eigenvalue weighted by molar-refractivity contribution is 6.22. The topological polar surface area (TPSA) is 144 Å². The molecule has 13 heteroatoms. The van der Waals surface area contributed by atoms with Crippen LogP contribution >= 0.6 is 0 Å². The zero-order valence-corrected chi connectivity index (χ0v) is 64.5. The molecule has 0 aliphatic carbocycles. The molecule has 0 saturated carbocycles. The number of hydrogen-bond donors (Lipinski definition) is 0. The second kappa shape index (κ2) is 30.0. The van der Waals surface area contributed by atoms with Crippen molar-refractivity contribution < 1.29 is 13.3 Å². The van der Waals surface area contributed by atoms with Crippen LogP contribution in [0, 0.1) is 0 Å². The molecule has 0 unspecified atom stereocenters. The second-order valence-corrected chi connectivity index (χ2v) is 29.5. The minimum Gasteiger partial charge on any atom is -0.464 e. The number of rotatable bonds is 12. The number of hydrogen-bond acceptors (Lipinski definition) is 10. The van der Waals surface area contributed by atoms with E-state index >= 15 is 0 Å². The van der Waals surface area contributed by atoms with Crippen molar-refractivity contribution in [3.63, 3.8) is 0 Å². The third kappa shape index (κ3) is 12.8. The second-order valence-electron chi connectivity index (χ2n) is 29.5. The van der Waals surface area contributed by atoms with Crippen LogP contribution in [0.15, 0.2) is 426 Å². The summed E-state index contributed by atoms with van der Waals surface area (Å²) in [6, 6.07) is 135. The van der Waals surface area contributed by atoms with Gasteiger partial charge in [-0.1, -0.05) is 309 Å². The molecule has 0 N–H and O–H groups in total. The molecule has 0 bridgehead atoms. The first-order chi connectivity index (χ1) is 59.5. The van der Waals surface area contributed by atoms with Crippen LogP contribution in [-0.2, 0) is 0 Å². The van der Waals surface area contributed by atoms with Gasteiger partial charge < -0.3 is 13.3 Å². The normalized spacial score (nSPS) is 11.5. The Morgan fingerprint density at radius 3 is 0.850 bits per heavy atom. The van der Waals surface area contributed by atoms with Crippen LogP contribution in [0.4, 0.5) is 0 Å². The van der Waals surface area contributed by atoms with Gasteiger partial charge in [0.1, 0.15) is 22.6 Å². The Morgan fingerprint density at radius 1 is 0.183 bits per heavy atom. The molecule has 24 rings (SSSR count). The van der Waals surface area contributed by atoms with E-state index in [0.29, 0.717) is 29.4 Å². The van der Waals surface area contributed by atoms with E-state index in [0.717, 1.165) is 160 Å². The van der Waals surface area contributed by atoms with Gasteiger partial charge in [-0.3, -0.25) is 13.7 Å². The first kappa shape index (κ1) is 70.1. The van der Waals surface area contributed by atoms with Gasteiger partial charge in [-0.05, 0) is 112 Å². The van der Waals surface area contributed by atoms with E-state index in [9.17, 15) is 0 Å². The van der Waals surface area contributed by atoms with Crippen LogP contribution in [-0.4, -0.2) is 48.6 Å². The molecule has 13 nitrogen and oxygen atoms in total. The highest BCUT2D eigenvalue weighted by Crippen LogP contribution is 2.43. The molecule has 564 valence electrons. The molecule has 0 amide bonds. The lowest BCUT2D eigenvalue weighted by molar-refractivity contribution is 0.619. The number of para-hydroxylation sites is 3. The van der Waals surface area contributed by atoms with Crippen LogP contribution in [0.3, 0.4) is 0 Å². The number of furan rings is 3. The molecule has 9 heterocycles. The van der Waals surface area contributed by atoms with Crippen molar-refractivity contribution in [2.24, 2.45) is 0 Å². The van der Waals surface area contributed by atoms with Crippen molar-refractivity contribution in [1.82, 2.24) is 48.6 Å². The molecule has 9 aromatic heterocycles. The van der Waals surface area contributed by atoms with Gasteiger partial charge in [-0.25, -0.2) is 24.9 Å². The fourth-order valence-corrected chi connectivity index (χ4v) is 16.6. The lowest BCUT2D eigenvalue weighted by atomic mass is 10.0. The Bertz CT molecular complexity index is 7170. The van der Waals surface area contributed by atoms with E-state index < -0.39 is 0 Å². The number of fused-ring (bicyclic) bond motifs is 15. The van der Waals surface area contributed by atoms with Gasteiger partial charge in [-0.2, -0.15) is 9.97 Å². The third-order valence-electron chi connectivity index (χ3n) is 22.4. The Balaban J connectivity index is 0.000000108. The Morgan fingerprint density at radius 2 is 0.458 bits per heavy atom. The number of nitrogens with zero attached hydrogens (tertiary/aromatic N) is 10. The average Bonchev–Trinajstić information content (AvgIpc) is 1.58. The predicted molar refractivity (Wildman–Crippen MR) is 485 cm³/mol. The number of benzene rings is 15. The fourth-order valence-electron chi connectivity index (χ4n) is 16.6. The minimum absolute atomic E-state index is 0.563. The maximum absolute atomic E-state index is 5.98. The molecule has 0 aliphatic heterocycles. The largest absolute Gasteiger partial charge is 0.464 e. The highest BCUT2D eigenvalue weighted by atomic mass is 16.3. The molecule has 0 saturated heterocycles.